The van der Waals surface area contributed by atoms with Gasteiger partial charge in [0.25, 0.3) is 0 Å². The maximum atomic E-state index is 9.93. The van der Waals surface area contributed by atoms with Gasteiger partial charge >= 0.3 is 0 Å². The molecule has 0 atom stereocenters. The Balaban J connectivity index is 2.31. The molecule has 0 aliphatic carbocycles. The van der Waals surface area contributed by atoms with Gasteiger partial charge in [-0.15, -0.1) is 0 Å². The first-order valence-corrected chi connectivity index (χ1v) is 6.04. The Hall–Kier alpha value is -1.67. The summed E-state index contributed by atoms with van der Waals surface area (Å²) < 4.78 is 0. The van der Waals surface area contributed by atoms with Crippen LogP contribution in [0.25, 0.3) is 0 Å². The average Bonchev–Trinajstić information content (AvgIpc) is 2.34. The van der Waals surface area contributed by atoms with E-state index in [0.717, 1.165) is 22.2 Å². The lowest BCUT2D eigenvalue weighted by molar-refractivity contribution is 0.479. The molecule has 2 nitrogen and oxygen atoms in total. The third-order valence-corrected chi connectivity index (χ3v) is 2.91. The highest BCUT2D eigenvalue weighted by Crippen LogP contribution is 2.17. The smallest absolute Gasteiger partial charge is 0.144 e. The minimum absolute atomic E-state index is 0.276. The highest BCUT2D eigenvalue weighted by Gasteiger charge is 2.02. The normalized spacial score (nSPS) is 10.9. The molecule has 0 amide bonds. The second kappa shape index (κ2) is 5.32. The van der Waals surface area contributed by atoms with Crippen LogP contribution in [0.15, 0.2) is 41.4 Å². The van der Waals surface area contributed by atoms with Crippen LogP contribution in [0, 0.1) is 0 Å². The molecule has 0 heterocycles. The Morgan fingerprint density at radius 2 is 1.78 bits per heavy atom. The van der Waals surface area contributed by atoms with Crippen LogP contribution >= 0.6 is 11.6 Å². The Bertz CT molecular complexity index is 597. The predicted molar refractivity (Wildman–Crippen MR) is 83.2 cm³/mol. The summed E-state index contributed by atoms with van der Waals surface area (Å²) >= 11 is 5.80. The number of rotatable bonds is 2. The van der Waals surface area contributed by atoms with E-state index in [-0.39, 0.29) is 5.75 Å². The van der Waals surface area contributed by atoms with Crippen LogP contribution in [-0.2, 0) is 0 Å². The van der Waals surface area contributed by atoms with Gasteiger partial charge in [-0.3, -0.25) is 4.99 Å². The molecule has 2 aromatic rings. The van der Waals surface area contributed by atoms with Crippen molar-refractivity contribution >= 4 is 50.1 Å². The van der Waals surface area contributed by atoms with E-state index < -0.39 is 0 Å². The molecule has 5 heteroatoms. The second-order valence-corrected chi connectivity index (χ2v) is 4.69. The lowest BCUT2D eigenvalue weighted by Gasteiger charge is -2.05. The SMILES string of the molecule is Bc1cc(B)c(O)c(/C=N/c2ccc(Cl)cc2)c1. The minimum atomic E-state index is 0.276. The van der Waals surface area contributed by atoms with E-state index in [1.807, 2.05) is 40.0 Å². The van der Waals surface area contributed by atoms with Crippen molar-refractivity contribution in [1.29, 1.82) is 0 Å². The Labute approximate surface area is 113 Å². The number of phenols is 1. The molecular formula is C13H12B2ClNO. The van der Waals surface area contributed by atoms with Gasteiger partial charge in [-0.1, -0.05) is 29.2 Å². The fourth-order valence-corrected chi connectivity index (χ4v) is 1.89. The standard InChI is InChI=1S/C13H12B2ClNO/c14-9-5-8(13(18)12(15)6-9)7-17-11-3-1-10(16)2-4-11/h1-7,18H,14-15H2/b17-7+. The summed E-state index contributed by atoms with van der Waals surface area (Å²) in [4.78, 5) is 4.32. The fourth-order valence-electron chi connectivity index (χ4n) is 1.76. The zero-order valence-electron chi connectivity index (χ0n) is 10.3. The lowest BCUT2D eigenvalue weighted by Crippen LogP contribution is -2.15. The van der Waals surface area contributed by atoms with E-state index >= 15 is 0 Å². The summed E-state index contributed by atoms with van der Waals surface area (Å²) in [7, 11) is 3.87. The van der Waals surface area contributed by atoms with Crippen LogP contribution < -0.4 is 10.9 Å². The third kappa shape index (κ3) is 2.96. The van der Waals surface area contributed by atoms with E-state index in [9.17, 15) is 5.11 Å². The summed E-state index contributed by atoms with van der Waals surface area (Å²) in [6.07, 6.45) is 1.67. The molecule has 2 rings (SSSR count). The molecule has 0 saturated carbocycles. The number of halogens is 1. The molecule has 0 aromatic heterocycles. The van der Waals surface area contributed by atoms with Crippen LogP contribution in [0.4, 0.5) is 5.69 Å². The predicted octanol–water partition coefficient (Wildman–Crippen LogP) is 0.313. The van der Waals surface area contributed by atoms with E-state index in [0.29, 0.717) is 5.02 Å². The molecule has 2 aromatic carbocycles. The zero-order chi connectivity index (χ0) is 13.1. The highest BCUT2D eigenvalue weighted by atomic mass is 35.5. The van der Waals surface area contributed by atoms with Crippen molar-refractivity contribution in [1.82, 2.24) is 0 Å². The van der Waals surface area contributed by atoms with Crippen LogP contribution in [0.2, 0.25) is 5.02 Å². The highest BCUT2D eigenvalue weighted by molar-refractivity contribution is 6.39. The zero-order valence-corrected chi connectivity index (χ0v) is 11.1. The van der Waals surface area contributed by atoms with Gasteiger partial charge < -0.3 is 5.11 Å². The average molecular weight is 255 g/mol. The molecule has 0 spiro atoms. The monoisotopic (exact) mass is 255 g/mol. The fraction of sp³-hybridized carbons (Fsp3) is 0. The van der Waals surface area contributed by atoms with E-state index in [2.05, 4.69) is 4.99 Å². The first-order valence-electron chi connectivity index (χ1n) is 5.66. The van der Waals surface area contributed by atoms with Crippen LogP contribution in [-0.4, -0.2) is 27.0 Å². The summed E-state index contributed by atoms with van der Waals surface area (Å²) in [6, 6.07) is 11.1. The molecule has 1 N–H and O–H groups in total. The number of benzene rings is 2. The molecule has 0 aliphatic heterocycles. The summed E-state index contributed by atoms with van der Waals surface area (Å²) in [5, 5.41) is 10.6. The second-order valence-electron chi connectivity index (χ2n) is 4.25. The van der Waals surface area contributed by atoms with Gasteiger partial charge in [0.1, 0.15) is 21.4 Å². The van der Waals surface area contributed by atoms with Gasteiger partial charge in [-0.05, 0) is 29.7 Å². The van der Waals surface area contributed by atoms with Gasteiger partial charge in [0.15, 0.2) is 0 Å². The summed E-state index contributed by atoms with van der Waals surface area (Å²) in [5.41, 5.74) is 3.48. The maximum Gasteiger partial charge on any atom is 0.144 e. The van der Waals surface area contributed by atoms with Gasteiger partial charge in [-0.2, -0.15) is 0 Å². The van der Waals surface area contributed by atoms with Crippen molar-refractivity contribution < 1.29 is 5.11 Å². The molecule has 0 aliphatic rings. The number of hydrogen-bond acceptors (Lipinski definition) is 2. The van der Waals surface area contributed by atoms with Crippen molar-refractivity contribution in [2.45, 2.75) is 0 Å². The van der Waals surface area contributed by atoms with Crippen molar-refractivity contribution in [3.05, 3.63) is 47.0 Å². The van der Waals surface area contributed by atoms with Gasteiger partial charge in [0, 0.05) is 16.8 Å². The van der Waals surface area contributed by atoms with Crippen molar-refractivity contribution in [2.24, 2.45) is 4.99 Å². The Morgan fingerprint density at radius 1 is 1.11 bits per heavy atom. The summed E-state index contributed by atoms with van der Waals surface area (Å²) in [5.74, 6) is 0.276. The van der Waals surface area contributed by atoms with Gasteiger partial charge in [-0.25, -0.2) is 0 Å². The first-order chi connectivity index (χ1) is 8.56. The van der Waals surface area contributed by atoms with E-state index in [1.54, 1.807) is 18.3 Å². The molecule has 0 bridgehead atoms. The van der Waals surface area contributed by atoms with Gasteiger partial charge in [0.05, 0.1) is 5.69 Å². The minimum Gasteiger partial charge on any atom is -0.508 e. The maximum absolute atomic E-state index is 9.93. The molecule has 18 heavy (non-hydrogen) atoms. The molecule has 88 valence electrons. The topological polar surface area (TPSA) is 32.6 Å². The van der Waals surface area contributed by atoms with Crippen LogP contribution in [0.1, 0.15) is 5.56 Å². The third-order valence-electron chi connectivity index (χ3n) is 2.65. The Morgan fingerprint density at radius 3 is 2.44 bits per heavy atom. The number of aromatic hydroxyl groups is 1. The largest absolute Gasteiger partial charge is 0.508 e. The molecular weight excluding hydrogens is 243 g/mol. The number of aliphatic imine (C=N–C) groups is 1. The summed E-state index contributed by atoms with van der Waals surface area (Å²) in [6.45, 7) is 0. The quantitative estimate of drug-likeness (QED) is 0.608. The van der Waals surface area contributed by atoms with Crippen molar-refractivity contribution in [3.8, 4) is 5.75 Å². The van der Waals surface area contributed by atoms with Gasteiger partial charge in [0.2, 0.25) is 0 Å². The van der Waals surface area contributed by atoms with Crippen LogP contribution in [0.3, 0.4) is 0 Å². The lowest BCUT2D eigenvalue weighted by atomic mass is 9.85. The molecule has 0 radical (unpaired) electrons. The Kier molecular flexibility index (Phi) is 3.78. The first kappa shape index (κ1) is 12.8. The van der Waals surface area contributed by atoms with Crippen molar-refractivity contribution in [2.75, 3.05) is 0 Å². The molecule has 0 saturated heterocycles. The number of nitrogens with zero attached hydrogens (tertiary/aromatic N) is 1. The van der Waals surface area contributed by atoms with Crippen molar-refractivity contribution in [3.63, 3.8) is 0 Å². The molecule has 0 unspecified atom stereocenters. The molecule has 0 fully saturated rings. The van der Waals surface area contributed by atoms with Crippen LogP contribution in [0.5, 0.6) is 5.75 Å². The number of hydrogen-bond donors (Lipinski definition) is 1. The van der Waals surface area contributed by atoms with E-state index in [1.165, 1.54) is 0 Å². The number of phenolic OH excluding ortho intramolecular Hbond substituents is 1. The van der Waals surface area contributed by atoms with E-state index in [4.69, 9.17) is 11.6 Å².